The fourth-order valence-corrected chi connectivity index (χ4v) is 2.81. The number of rotatable bonds is 8. The molecule has 1 N–H and O–H groups in total. The maximum Gasteiger partial charge on any atom is 0.513 e. The highest BCUT2D eigenvalue weighted by molar-refractivity contribution is 7.99. The highest BCUT2D eigenvalue weighted by atomic mass is 32.2. The number of benzene rings is 2. The van der Waals surface area contributed by atoms with E-state index >= 15 is 0 Å². The van der Waals surface area contributed by atoms with Crippen LogP contribution in [-0.4, -0.2) is 38.2 Å². The first kappa shape index (κ1) is 20.3. The lowest BCUT2D eigenvalue weighted by Crippen LogP contribution is -2.19. The molecule has 0 saturated heterocycles. The van der Waals surface area contributed by atoms with Crippen LogP contribution in [0.2, 0.25) is 0 Å². The second-order valence-electron chi connectivity index (χ2n) is 5.24. The van der Waals surface area contributed by atoms with E-state index in [0.717, 1.165) is 5.75 Å². The number of amides is 1. The molecule has 0 aliphatic heterocycles. The van der Waals surface area contributed by atoms with Crippen molar-refractivity contribution in [3.8, 4) is 11.5 Å². The zero-order valence-electron chi connectivity index (χ0n) is 15.0. The van der Waals surface area contributed by atoms with Crippen LogP contribution in [0.15, 0.2) is 53.6 Å². The summed E-state index contributed by atoms with van der Waals surface area (Å²) in [4.78, 5) is 23.0. The van der Waals surface area contributed by atoms with Gasteiger partial charge in [-0.3, -0.25) is 4.79 Å². The molecule has 0 aliphatic rings. The maximum atomic E-state index is 11.8. The van der Waals surface area contributed by atoms with Gasteiger partial charge in [0.2, 0.25) is 5.91 Å². The normalized spacial score (nSPS) is 10.4. The Hall–Kier alpha value is -3.00. The summed E-state index contributed by atoms with van der Waals surface area (Å²) in [6.45, 7) is 0. The lowest BCUT2D eigenvalue weighted by atomic mass is 10.2. The fraction of sp³-hybridized carbons (Fsp3) is 0.211. The molecular formula is C19H20N2O5S. The number of thioether (sulfide) groups is 1. The SMILES string of the molecule is COC(=O)Oc1ccc(/C=N/NC(=O)CSCc2ccccc2)cc1OC. The molecule has 0 atom stereocenters. The summed E-state index contributed by atoms with van der Waals surface area (Å²) in [6.07, 6.45) is 0.638. The van der Waals surface area contributed by atoms with E-state index in [0.29, 0.717) is 17.1 Å². The van der Waals surface area contributed by atoms with Gasteiger partial charge in [0, 0.05) is 5.75 Å². The second kappa shape index (κ2) is 10.9. The summed E-state index contributed by atoms with van der Waals surface area (Å²) in [5.41, 5.74) is 4.31. The van der Waals surface area contributed by atoms with Crippen LogP contribution in [0.4, 0.5) is 4.79 Å². The van der Waals surface area contributed by atoms with E-state index in [2.05, 4.69) is 15.3 Å². The Bertz CT molecular complexity index is 796. The van der Waals surface area contributed by atoms with E-state index in [1.807, 2.05) is 30.3 Å². The van der Waals surface area contributed by atoms with Gasteiger partial charge in [0.15, 0.2) is 11.5 Å². The first-order chi connectivity index (χ1) is 13.1. The first-order valence-corrected chi connectivity index (χ1v) is 9.15. The molecule has 0 heterocycles. The zero-order valence-corrected chi connectivity index (χ0v) is 15.8. The molecule has 7 nitrogen and oxygen atoms in total. The van der Waals surface area contributed by atoms with Crippen LogP contribution >= 0.6 is 11.8 Å². The van der Waals surface area contributed by atoms with Crippen LogP contribution in [0.25, 0.3) is 0 Å². The average Bonchev–Trinajstić information content (AvgIpc) is 2.69. The molecule has 0 saturated carbocycles. The van der Waals surface area contributed by atoms with E-state index in [4.69, 9.17) is 9.47 Å². The van der Waals surface area contributed by atoms with Crippen molar-refractivity contribution >= 4 is 30.0 Å². The summed E-state index contributed by atoms with van der Waals surface area (Å²) in [7, 11) is 2.67. The minimum absolute atomic E-state index is 0.190. The minimum atomic E-state index is -0.838. The van der Waals surface area contributed by atoms with E-state index in [-0.39, 0.29) is 11.7 Å². The Morgan fingerprint density at radius 2 is 1.89 bits per heavy atom. The van der Waals surface area contributed by atoms with Crippen molar-refractivity contribution in [2.75, 3.05) is 20.0 Å². The van der Waals surface area contributed by atoms with Gasteiger partial charge < -0.3 is 14.2 Å². The molecule has 27 heavy (non-hydrogen) atoms. The third-order valence-electron chi connectivity index (χ3n) is 3.30. The van der Waals surface area contributed by atoms with E-state index in [1.54, 1.807) is 18.2 Å². The molecule has 2 aromatic rings. The van der Waals surface area contributed by atoms with Crippen molar-refractivity contribution in [1.82, 2.24) is 5.43 Å². The second-order valence-corrected chi connectivity index (χ2v) is 6.22. The monoisotopic (exact) mass is 388 g/mol. The standard InChI is InChI=1S/C19H20N2O5S/c1-24-17-10-15(8-9-16(17)26-19(23)25-2)11-20-21-18(22)13-27-12-14-6-4-3-5-7-14/h3-11H,12-13H2,1-2H3,(H,21,22)/b20-11+. The van der Waals surface area contributed by atoms with Crippen molar-refractivity contribution in [2.24, 2.45) is 5.10 Å². The zero-order chi connectivity index (χ0) is 19.5. The number of hydrazone groups is 1. The molecule has 0 bridgehead atoms. The fourth-order valence-electron chi connectivity index (χ4n) is 2.03. The summed E-state index contributed by atoms with van der Waals surface area (Å²) in [5.74, 6) is 1.44. The summed E-state index contributed by atoms with van der Waals surface area (Å²) in [5, 5.41) is 3.92. The first-order valence-electron chi connectivity index (χ1n) is 7.99. The van der Waals surface area contributed by atoms with E-state index in [1.165, 1.54) is 37.8 Å². The van der Waals surface area contributed by atoms with Gasteiger partial charge in [0.25, 0.3) is 0 Å². The van der Waals surface area contributed by atoms with Crippen molar-refractivity contribution in [2.45, 2.75) is 5.75 Å². The van der Waals surface area contributed by atoms with Crippen molar-refractivity contribution in [1.29, 1.82) is 0 Å². The molecule has 0 radical (unpaired) electrons. The molecule has 2 rings (SSSR count). The Morgan fingerprint density at radius 3 is 2.59 bits per heavy atom. The van der Waals surface area contributed by atoms with Crippen molar-refractivity contribution in [3.63, 3.8) is 0 Å². The lowest BCUT2D eigenvalue weighted by Gasteiger charge is -2.08. The van der Waals surface area contributed by atoms with E-state index < -0.39 is 6.16 Å². The van der Waals surface area contributed by atoms with Crippen LogP contribution in [0.5, 0.6) is 11.5 Å². The van der Waals surface area contributed by atoms with Gasteiger partial charge >= 0.3 is 6.16 Å². The summed E-state index contributed by atoms with van der Waals surface area (Å²) < 4.78 is 14.6. The van der Waals surface area contributed by atoms with Gasteiger partial charge in [-0.25, -0.2) is 10.2 Å². The molecule has 0 spiro atoms. The molecule has 142 valence electrons. The number of hydrogen-bond acceptors (Lipinski definition) is 7. The van der Waals surface area contributed by atoms with Crippen LogP contribution in [0, 0.1) is 0 Å². The lowest BCUT2D eigenvalue weighted by molar-refractivity contribution is -0.118. The van der Waals surface area contributed by atoms with Crippen molar-refractivity contribution in [3.05, 3.63) is 59.7 Å². The van der Waals surface area contributed by atoms with Crippen LogP contribution < -0.4 is 14.9 Å². The average molecular weight is 388 g/mol. The molecule has 0 fully saturated rings. The van der Waals surface area contributed by atoms with Gasteiger partial charge in [0.1, 0.15) is 0 Å². The van der Waals surface area contributed by atoms with Crippen molar-refractivity contribution < 1.29 is 23.8 Å². The smallest absolute Gasteiger partial charge is 0.493 e. The molecular weight excluding hydrogens is 368 g/mol. The van der Waals surface area contributed by atoms with Crippen LogP contribution in [0.3, 0.4) is 0 Å². The minimum Gasteiger partial charge on any atom is -0.493 e. The predicted octanol–water partition coefficient (Wildman–Crippen LogP) is 3.22. The highest BCUT2D eigenvalue weighted by Crippen LogP contribution is 2.27. The quantitative estimate of drug-likeness (QED) is 0.323. The summed E-state index contributed by atoms with van der Waals surface area (Å²) >= 11 is 1.51. The molecule has 8 heteroatoms. The van der Waals surface area contributed by atoms with Crippen LogP contribution in [-0.2, 0) is 15.3 Å². The molecule has 0 aliphatic carbocycles. The van der Waals surface area contributed by atoms with Gasteiger partial charge in [-0.05, 0) is 29.3 Å². The number of nitrogens with one attached hydrogen (secondary N) is 1. The highest BCUT2D eigenvalue weighted by Gasteiger charge is 2.10. The Labute approximate surface area is 161 Å². The third-order valence-corrected chi connectivity index (χ3v) is 4.30. The van der Waals surface area contributed by atoms with Gasteiger partial charge in [0.05, 0.1) is 26.2 Å². The molecule has 2 aromatic carbocycles. The van der Waals surface area contributed by atoms with Gasteiger partial charge in [-0.1, -0.05) is 30.3 Å². The third kappa shape index (κ3) is 7.02. The number of carbonyl (C=O) groups excluding carboxylic acids is 2. The van der Waals surface area contributed by atoms with Gasteiger partial charge in [-0.2, -0.15) is 5.10 Å². The number of nitrogens with zero attached hydrogens (tertiary/aromatic N) is 1. The Kier molecular flexibility index (Phi) is 8.18. The van der Waals surface area contributed by atoms with Crippen LogP contribution in [0.1, 0.15) is 11.1 Å². The number of methoxy groups -OCH3 is 2. The Balaban J connectivity index is 1.82. The van der Waals surface area contributed by atoms with Gasteiger partial charge in [-0.15, -0.1) is 11.8 Å². The number of hydrogen-bond donors (Lipinski definition) is 1. The van der Waals surface area contributed by atoms with E-state index in [9.17, 15) is 9.59 Å². The largest absolute Gasteiger partial charge is 0.513 e. The predicted molar refractivity (Wildman–Crippen MR) is 104 cm³/mol. The molecule has 0 unspecified atom stereocenters. The summed E-state index contributed by atoms with van der Waals surface area (Å²) in [6, 6.07) is 14.8. The molecule has 1 amide bonds. The topological polar surface area (TPSA) is 86.2 Å². The molecule has 0 aromatic heterocycles. The number of carbonyl (C=O) groups is 2. The number of ether oxygens (including phenoxy) is 3. The Morgan fingerprint density at radius 1 is 1.11 bits per heavy atom. The maximum absolute atomic E-state index is 11.8.